The maximum Gasteiger partial charge on any atom is 0.258 e. The molecule has 2 aliphatic rings. The molecule has 1 saturated heterocycles. The fourth-order valence-corrected chi connectivity index (χ4v) is 4.42. The van der Waals surface area contributed by atoms with E-state index in [1.165, 1.54) is 6.20 Å². The Hall–Kier alpha value is -0.630. The number of aryl methyl sites for hydroxylation is 1. The summed E-state index contributed by atoms with van der Waals surface area (Å²) in [5.74, 6) is 0.888. The molecule has 3 rings (SSSR count). The summed E-state index contributed by atoms with van der Waals surface area (Å²) in [7, 11) is -3.44. The molecule has 114 valence electrons. The Labute approximate surface area is 125 Å². The highest BCUT2D eigenvalue weighted by Gasteiger charge is 2.29. The van der Waals surface area contributed by atoms with Gasteiger partial charge in [-0.3, -0.25) is 0 Å². The van der Waals surface area contributed by atoms with E-state index in [0.29, 0.717) is 11.1 Å². The quantitative estimate of drug-likeness (QED) is 0.858. The molecule has 8 heteroatoms. The topological polar surface area (TPSA) is 76.0 Å². The smallest absolute Gasteiger partial charge is 0.258 e. The molecule has 1 aromatic rings. The van der Waals surface area contributed by atoms with Gasteiger partial charge in [0.05, 0.1) is 6.20 Å². The molecule has 2 aliphatic heterocycles. The average molecular weight is 321 g/mol. The van der Waals surface area contributed by atoms with Gasteiger partial charge >= 0.3 is 0 Å². The molecule has 0 spiro atoms. The van der Waals surface area contributed by atoms with E-state index in [9.17, 15) is 8.42 Å². The zero-order valence-electron chi connectivity index (χ0n) is 11.5. The summed E-state index contributed by atoms with van der Waals surface area (Å²) in [6, 6.07) is 0.381. The largest absolute Gasteiger partial charge is 0.318 e. The van der Waals surface area contributed by atoms with E-state index in [4.69, 9.17) is 0 Å². The van der Waals surface area contributed by atoms with Gasteiger partial charge in [0.1, 0.15) is 5.82 Å². The van der Waals surface area contributed by atoms with Crippen molar-refractivity contribution in [2.24, 2.45) is 0 Å². The van der Waals surface area contributed by atoms with E-state index in [1.807, 2.05) is 4.57 Å². The number of hydrogen-bond donors (Lipinski definition) is 2. The van der Waals surface area contributed by atoms with Gasteiger partial charge in [-0.25, -0.2) is 18.1 Å². The van der Waals surface area contributed by atoms with Gasteiger partial charge in [0.15, 0.2) is 5.03 Å². The van der Waals surface area contributed by atoms with Crippen LogP contribution in [0, 0.1) is 0 Å². The predicted octanol–water partition coefficient (Wildman–Crippen LogP) is 0.670. The number of sulfonamides is 1. The van der Waals surface area contributed by atoms with Crippen LogP contribution < -0.4 is 10.0 Å². The summed E-state index contributed by atoms with van der Waals surface area (Å²) in [6.45, 7) is 3.70. The molecule has 1 aromatic heterocycles. The Balaban J connectivity index is 0.00000147. The first-order valence-electron chi connectivity index (χ1n) is 6.86. The maximum absolute atomic E-state index is 12.4. The van der Waals surface area contributed by atoms with Crippen LogP contribution in [0.2, 0.25) is 0 Å². The lowest BCUT2D eigenvalue weighted by Gasteiger charge is -2.28. The Bertz CT molecular complexity index is 572. The van der Waals surface area contributed by atoms with E-state index in [-0.39, 0.29) is 18.4 Å². The van der Waals surface area contributed by atoms with Gasteiger partial charge < -0.3 is 9.88 Å². The molecule has 0 bridgehead atoms. The number of halogens is 1. The van der Waals surface area contributed by atoms with E-state index in [2.05, 4.69) is 21.9 Å². The second kappa shape index (κ2) is 6.01. The van der Waals surface area contributed by atoms with Gasteiger partial charge in [0.2, 0.25) is 0 Å². The van der Waals surface area contributed by atoms with Crippen molar-refractivity contribution in [2.75, 3.05) is 6.54 Å². The van der Waals surface area contributed by atoms with Crippen molar-refractivity contribution in [2.45, 2.75) is 56.3 Å². The average Bonchev–Trinajstić information content (AvgIpc) is 2.88. The van der Waals surface area contributed by atoms with Crippen LogP contribution in [0.15, 0.2) is 11.2 Å². The fourth-order valence-electron chi connectivity index (χ4n) is 2.96. The number of nitrogens with zero attached hydrogens (tertiary/aromatic N) is 2. The van der Waals surface area contributed by atoms with Gasteiger partial charge in [0.25, 0.3) is 10.0 Å². The molecule has 0 radical (unpaired) electrons. The Morgan fingerprint density at radius 3 is 3.05 bits per heavy atom. The predicted molar refractivity (Wildman–Crippen MR) is 78.6 cm³/mol. The zero-order valence-corrected chi connectivity index (χ0v) is 13.1. The molecular formula is C12H21ClN4O2S. The fraction of sp³-hybridized carbons (Fsp3) is 0.750. The number of piperidine rings is 1. The first kappa shape index (κ1) is 15.8. The summed E-state index contributed by atoms with van der Waals surface area (Å²) in [4.78, 5) is 4.20. The van der Waals surface area contributed by atoms with E-state index in [1.54, 1.807) is 0 Å². The molecule has 2 atom stereocenters. The normalized spacial score (nSPS) is 26.1. The van der Waals surface area contributed by atoms with Crippen LogP contribution in [0.5, 0.6) is 0 Å². The number of fused-ring (bicyclic) bond motifs is 1. The Morgan fingerprint density at radius 1 is 1.50 bits per heavy atom. The SMILES string of the molecule is CC1CC(NS(=O)(=O)c2cnc3n2CCC3)CCN1.Cl. The number of nitrogens with one attached hydrogen (secondary N) is 2. The minimum absolute atomic E-state index is 0. The summed E-state index contributed by atoms with van der Waals surface area (Å²) >= 11 is 0. The van der Waals surface area contributed by atoms with Gasteiger partial charge in [-0.2, -0.15) is 0 Å². The second-order valence-corrected chi connectivity index (χ2v) is 7.13. The molecule has 2 N–H and O–H groups in total. The van der Waals surface area contributed by atoms with Gasteiger partial charge in [0, 0.05) is 25.0 Å². The monoisotopic (exact) mass is 320 g/mol. The highest BCUT2D eigenvalue weighted by molar-refractivity contribution is 7.89. The lowest BCUT2D eigenvalue weighted by atomic mass is 10.0. The summed E-state index contributed by atoms with van der Waals surface area (Å²) in [5, 5.41) is 3.65. The number of hydrogen-bond acceptors (Lipinski definition) is 4. The molecular weight excluding hydrogens is 300 g/mol. The lowest BCUT2D eigenvalue weighted by Crippen LogP contribution is -2.46. The third kappa shape index (κ3) is 3.00. The highest BCUT2D eigenvalue weighted by Crippen LogP contribution is 2.21. The van der Waals surface area contributed by atoms with Crippen LogP contribution in [0.1, 0.15) is 32.0 Å². The minimum Gasteiger partial charge on any atom is -0.318 e. The van der Waals surface area contributed by atoms with E-state index >= 15 is 0 Å². The van der Waals surface area contributed by atoms with Gasteiger partial charge in [-0.1, -0.05) is 0 Å². The first-order chi connectivity index (χ1) is 9.06. The Morgan fingerprint density at radius 2 is 2.30 bits per heavy atom. The van der Waals surface area contributed by atoms with Crippen molar-refractivity contribution in [3.05, 3.63) is 12.0 Å². The molecule has 1 fully saturated rings. The van der Waals surface area contributed by atoms with E-state index in [0.717, 1.165) is 44.6 Å². The van der Waals surface area contributed by atoms with Crippen LogP contribution in [-0.2, 0) is 23.0 Å². The summed E-state index contributed by atoms with van der Waals surface area (Å²) < 4.78 is 29.5. The number of rotatable bonds is 3. The zero-order chi connectivity index (χ0) is 13.5. The number of aromatic nitrogens is 2. The second-order valence-electron chi connectivity index (χ2n) is 5.47. The number of imidazole rings is 1. The first-order valence-corrected chi connectivity index (χ1v) is 8.35. The van der Waals surface area contributed by atoms with Crippen LogP contribution >= 0.6 is 12.4 Å². The molecule has 0 aromatic carbocycles. The summed E-state index contributed by atoms with van der Waals surface area (Å²) in [6.07, 6.45) is 5.02. The molecule has 0 saturated carbocycles. The third-order valence-electron chi connectivity index (χ3n) is 3.90. The molecule has 2 unspecified atom stereocenters. The maximum atomic E-state index is 12.4. The standard InChI is InChI=1S/C12H20N4O2S.ClH/c1-9-7-10(4-5-13-9)15-19(17,18)12-8-14-11-3-2-6-16(11)12;/h8-10,13,15H,2-7H2,1H3;1H. The molecule has 20 heavy (non-hydrogen) atoms. The summed E-state index contributed by atoms with van der Waals surface area (Å²) in [5.41, 5.74) is 0. The van der Waals surface area contributed by atoms with Gasteiger partial charge in [-0.05, 0) is 32.7 Å². The van der Waals surface area contributed by atoms with Crippen molar-refractivity contribution < 1.29 is 8.42 Å². The van der Waals surface area contributed by atoms with Crippen LogP contribution in [0.4, 0.5) is 0 Å². The highest BCUT2D eigenvalue weighted by atomic mass is 35.5. The lowest BCUT2D eigenvalue weighted by molar-refractivity contribution is 0.361. The molecule has 3 heterocycles. The van der Waals surface area contributed by atoms with Crippen LogP contribution in [0.25, 0.3) is 0 Å². The van der Waals surface area contributed by atoms with E-state index < -0.39 is 10.0 Å². The molecule has 0 aliphatic carbocycles. The minimum atomic E-state index is -3.44. The van der Waals surface area contributed by atoms with Crippen molar-refractivity contribution in [3.8, 4) is 0 Å². The molecule has 0 amide bonds. The van der Waals surface area contributed by atoms with Crippen molar-refractivity contribution >= 4 is 22.4 Å². The van der Waals surface area contributed by atoms with Gasteiger partial charge in [-0.15, -0.1) is 12.4 Å². The van der Waals surface area contributed by atoms with Crippen molar-refractivity contribution in [1.29, 1.82) is 0 Å². The third-order valence-corrected chi connectivity index (χ3v) is 5.42. The van der Waals surface area contributed by atoms with Crippen LogP contribution in [-0.4, -0.2) is 36.6 Å². The Kier molecular flexibility index (Phi) is 4.73. The molecule has 6 nitrogen and oxygen atoms in total. The van der Waals surface area contributed by atoms with Crippen LogP contribution in [0.3, 0.4) is 0 Å². The van der Waals surface area contributed by atoms with Crippen molar-refractivity contribution in [1.82, 2.24) is 19.6 Å². The van der Waals surface area contributed by atoms with Crippen molar-refractivity contribution in [3.63, 3.8) is 0 Å².